The van der Waals surface area contributed by atoms with E-state index >= 15 is 0 Å². The molecule has 6 nitrogen and oxygen atoms in total. The highest BCUT2D eigenvalue weighted by atomic mass is 16.6. The minimum atomic E-state index is -0.967. The van der Waals surface area contributed by atoms with E-state index < -0.39 is 29.5 Å². The summed E-state index contributed by atoms with van der Waals surface area (Å²) in [5.41, 5.74) is 0. The van der Waals surface area contributed by atoms with Crippen molar-refractivity contribution in [3.8, 4) is 0 Å². The summed E-state index contributed by atoms with van der Waals surface area (Å²) in [7, 11) is 0. The number of hydrogen-bond donors (Lipinski definition) is 2. The number of carbonyl (C=O) groups is 1. The number of carboxylic acid groups (broad SMARTS) is 1. The second kappa shape index (κ2) is 6.31. The van der Waals surface area contributed by atoms with Crippen LogP contribution in [-0.4, -0.2) is 33.8 Å². The third-order valence-electron chi connectivity index (χ3n) is 1.96. The van der Waals surface area contributed by atoms with Gasteiger partial charge in [0.25, 0.3) is 0 Å². The lowest BCUT2D eigenvalue weighted by atomic mass is 10.0. The summed E-state index contributed by atoms with van der Waals surface area (Å²) in [5.74, 6) is -1.34. The van der Waals surface area contributed by atoms with Gasteiger partial charge in [0.1, 0.15) is 6.10 Å². The molecular weight excluding hydrogens is 190 g/mol. The molecule has 0 aliphatic carbocycles. The van der Waals surface area contributed by atoms with Gasteiger partial charge in [-0.1, -0.05) is 6.92 Å². The Hall–Kier alpha value is -1.17. The first-order chi connectivity index (χ1) is 6.43. The van der Waals surface area contributed by atoms with Crippen LogP contribution in [0.4, 0.5) is 0 Å². The van der Waals surface area contributed by atoms with E-state index in [-0.39, 0.29) is 6.42 Å². The molecule has 0 saturated heterocycles. The predicted octanol–water partition coefficient (Wildman–Crippen LogP) is 0.515. The Bertz CT molecular complexity index is 206. The van der Waals surface area contributed by atoms with Crippen molar-refractivity contribution >= 4 is 5.97 Å². The van der Waals surface area contributed by atoms with E-state index in [0.717, 1.165) is 0 Å². The van der Waals surface area contributed by atoms with Gasteiger partial charge in [0.2, 0.25) is 6.54 Å². The Morgan fingerprint density at radius 1 is 1.50 bits per heavy atom. The number of nitrogens with zero attached hydrogens (tertiary/aromatic N) is 1. The lowest BCUT2D eigenvalue weighted by Gasteiger charge is -2.07. The number of nitro groups is 1. The summed E-state index contributed by atoms with van der Waals surface area (Å²) in [5, 5.41) is 27.6. The van der Waals surface area contributed by atoms with Gasteiger partial charge >= 0.3 is 5.97 Å². The fourth-order valence-electron chi connectivity index (χ4n) is 1.05. The van der Waals surface area contributed by atoms with Crippen LogP contribution < -0.4 is 0 Å². The molecule has 0 aliphatic rings. The molecule has 0 bridgehead atoms. The molecule has 0 aliphatic heterocycles. The molecule has 0 spiro atoms. The first-order valence-electron chi connectivity index (χ1n) is 4.46. The quantitative estimate of drug-likeness (QED) is 0.466. The molecule has 14 heavy (non-hydrogen) atoms. The topological polar surface area (TPSA) is 101 Å². The molecule has 0 rings (SSSR count). The van der Waals surface area contributed by atoms with E-state index in [0.29, 0.717) is 12.8 Å². The monoisotopic (exact) mass is 205 g/mol. The van der Waals surface area contributed by atoms with Gasteiger partial charge in [-0.25, -0.2) is 0 Å². The number of aliphatic carboxylic acids is 1. The average molecular weight is 205 g/mol. The summed E-state index contributed by atoms with van der Waals surface area (Å²) in [6, 6.07) is 0. The van der Waals surface area contributed by atoms with E-state index in [9.17, 15) is 14.9 Å². The Balaban J connectivity index is 3.53. The Morgan fingerprint density at radius 3 is 2.50 bits per heavy atom. The zero-order valence-electron chi connectivity index (χ0n) is 8.05. The molecule has 0 aromatic heterocycles. The van der Waals surface area contributed by atoms with Gasteiger partial charge < -0.3 is 10.2 Å². The summed E-state index contributed by atoms with van der Waals surface area (Å²) >= 11 is 0. The number of aliphatic hydroxyl groups excluding tert-OH is 1. The van der Waals surface area contributed by atoms with Crippen LogP contribution in [0.1, 0.15) is 26.2 Å². The number of aliphatic hydroxyl groups is 1. The molecule has 0 aromatic rings. The van der Waals surface area contributed by atoms with Crippen molar-refractivity contribution in [3.63, 3.8) is 0 Å². The van der Waals surface area contributed by atoms with E-state index in [1.54, 1.807) is 6.92 Å². The molecule has 0 radical (unpaired) electrons. The highest BCUT2D eigenvalue weighted by molar-refractivity contribution is 5.69. The summed E-state index contributed by atoms with van der Waals surface area (Å²) < 4.78 is 0. The molecule has 0 fully saturated rings. The second-order valence-corrected chi connectivity index (χ2v) is 3.34. The zero-order chi connectivity index (χ0) is 11.1. The fourth-order valence-corrected chi connectivity index (χ4v) is 1.05. The first kappa shape index (κ1) is 12.8. The van der Waals surface area contributed by atoms with Gasteiger partial charge in [-0.3, -0.25) is 14.9 Å². The van der Waals surface area contributed by atoms with Gasteiger partial charge in [-0.2, -0.15) is 0 Å². The molecule has 2 N–H and O–H groups in total. The first-order valence-corrected chi connectivity index (χ1v) is 4.46. The van der Waals surface area contributed by atoms with E-state index in [2.05, 4.69) is 0 Å². The summed E-state index contributed by atoms with van der Waals surface area (Å²) in [6.45, 7) is 1.10. The smallest absolute Gasteiger partial charge is 0.306 e. The Kier molecular flexibility index (Phi) is 5.78. The number of rotatable bonds is 7. The maximum atomic E-state index is 10.4. The zero-order valence-corrected chi connectivity index (χ0v) is 8.05. The van der Waals surface area contributed by atoms with Crippen molar-refractivity contribution in [1.29, 1.82) is 0 Å². The van der Waals surface area contributed by atoms with Crippen LogP contribution in [-0.2, 0) is 4.79 Å². The third kappa shape index (κ3) is 6.36. The van der Waals surface area contributed by atoms with E-state index in [1.165, 1.54) is 0 Å². The van der Waals surface area contributed by atoms with Crippen LogP contribution in [0, 0.1) is 16.0 Å². The second-order valence-electron chi connectivity index (χ2n) is 3.34. The van der Waals surface area contributed by atoms with Crippen LogP contribution in [0.3, 0.4) is 0 Å². The molecular formula is C8H15NO5. The van der Waals surface area contributed by atoms with Crippen LogP contribution in [0.5, 0.6) is 0 Å². The fraction of sp³-hybridized carbons (Fsp3) is 0.875. The number of hydrogen-bond acceptors (Lipinski definition) is 4. The lowest BCUT2D eigenvalue weighted by Crippen LogP contribution is -2.19. The molecule has 6 heteroatoms. The summed E-state index contributed by atoms with van der Waals surface area (Å²) in [4.78, 5) is 19.8. The van der Waals surface area contributed by atoms with E-state index in [4.69, 9.17) is 10.2 Å². The van der Waals surface area contributed by atoms with Gasteiger partial charge in [0.15, 0.2) is 0 Å². The van der Waals surface area contributed by atoms with Crippen LogP contribution in [0.2, 0.25) is 0 Å². The molecule has 82 valence electrons. The molecule has 0 amide bonds. The minimum absolute atomic E-state index is 0.276. The van der Waals surface area contributed by atoms with Crippen molar-refractivity contribution in [2.75, 3.05) is 6.54 Å². The predicted molar refractivity (Wildman–Crippen MR) is 48.5 cm³/mol. The lowest BCUT2D eigenvalue weighted by molar-refractivity contribution is -0.490. The standard InChI is InChI=1S/C8H15NO5/c1-6(8(11)12)3-2-4-7(10)5-9(13)14/h6-7,10H,2-5H2,1H3,(H,11,12). The van der Waals surface area contributed by atoms with Gasteiger partial charge in [-0.05, 0) is 19.3 Å². The highest BCUT2D eigenvalue weighted by Crippen LogP contribution is 2.09. The van der Waals surface area contributed by atoms with Gasteiger partial charge in [0, 0.05) is 4.92 Å². The van der Waals surface area contributed by atoms with Crippen molar-refractivity contribution in [2.24, 2.45) is 5.92 Å². The van der Waals surface area contributed by atoms with Crippen LogP contribution >= 0.6 is 0 Å². The number of carboxylic acids is 1. The third-order valence-corrected chi connectivity index (χ3v) is 1.96. The van der Waals surface area contributed by atoms with Crippen molar-refractivity contribution < 1.29 is 19.9 Å². The highest BCUT2D eigenvalue weighted by Gasteiger charge is 2.14. The summed E-state index contributed by atoms with van der Waals surface area (Å²) in [6.07, 6.45) is 0.233. The normalized spacial score (nSPS) is 14.7. The van der Waals surface area contributed by atoms with Crippen LogP contribution in [0.15, 0.2) is 0 Å². The molecule has 0 aromatic carbocycles. The SMILES string of the molecule is CC(CCCC(O)C[N+](=O)[O-])C(=O)O. The average Bonchev–Trinajstić information content (AvgIpc) is 2.02. The van der Waals surface area contributed by atoms with Crippen molar-refractivity contribution in [1.82, 2.24) is 0 Å². The van der Waals surface area contributed by atoms with Crippen molar-refractivity contribution in [3.05, 3.63) is 10.1 Å². The van der Waals surface area contributed by atoms with E-state index in [1.807, 2.05) is 0 Å². The maximum absolute atomic E-state index is 10.4. The van der Waals surface area contributed by atoms with Gasteiger partial charge in [-0.15, -0.1) is 0 Å². The Labute approximate surface area is 81.7 Å². The molecule has 0 heterocycles. The van der Waals surface area contributed by atoms with Crippen LogP contribution in [0.25, 0.3) is 0 Å². The molecule has 0 saturated carbocycles. The van der Waals surface area contributed by atoms with Crippen molar-refractivity contribution in [2.45, 2.75) is 32.3 Å². The Morgan fingerprint density at radius 2 is 2.07 bits per heavy atom. The largest absolute Gasteiger partial charge is 0.481 e. The van der Waals surface area contributed by atoms with Gasteiger partial charge in [0.05, 0.1) is 5.92 Å². The minimum Gasteiger partial charge on any atom is -0.481 e. The molecule has 2 unspecified atom stereocenters. The molecule has 2 atom stereocenters. The maximum Gasteiger partial charge on any atom is 0.306 e.